The molecule has 1 aromatic rings. The van der Waals surface area contributed by atoms with Crippen molar-refractivity contribution in [1.29, 1.82) is 0 Å². The predicted molar refractivity (Wildman–Crippen MR) is 47.0 cm³/mol. The van der Waals surface area contributed by atoms with Gasteiger partial charge in [0.05, 0.1) is 12.5 Å². The van der Waals surface area contributed by atoms with E-state index in [1.165, 1.54) is 0 Å². The lowest BCUT2D eigenvalue weighted by molar-refractivity contribution is 0.0872. The number of Topliss-reactive ketones (excluding diaryl/α,β-unsaturated/α-hetero) is 1. The van der Waals surface area contributed by atoms with Crippen molar-refractivity contribution in [2.45, 2.75) is 6.42 Å². The van der Waals surface area contributed by atoms with Gasteiger partial charge in [0.25, 0.3) is 0 Å². The summed E-state index contributed by atoms with van der Waals surface area (Å²) in [6, 6.07) is 3.17. The van der Waals surface area contributed by atoms with Gasteiger partial charge in [-0.05, 0) is 30.2 Å². The quantitative estimate of drug-likeness (QED) is 0.687. The normalized spacial score (nSPS) is 22.1. The number of hydrogen-bond acceptors (Lipinski definition) is 3. The summed E-state index contributed by atoms with van der Waals surface area (Å²) in [4.78, 5) is 11.6. The fourth-order valence-corrected chi connectivity index (χ4v) is 1.54. The molecular formula is C9H9ClO3. The lowest BCUT2D eigenvalue weighted by Gasteiger charge is -2.01. The third-order valence-corrected chi connectivity index (χ3v) is 2.32. The molecule has 2 rings (SSSR count). The van der Waals surface area contributed by atoms with Gasteiger partial charge in [0, 0.05) is 6.61 Å². The van der Waals surface area contributed by atoms with Gasteiger partial charge in [0.1, 0.15) is 0 Å². The Morgan fingerprint density at radius 2 is 2.38 bits per heavy atom. The molecule has 1 fully saturated rings. The summed E-state index contributed by atoms with van der Waals surface area (Å²) >= 11 is 5.56. The molecule has 1 aromatic heterocycles. The summed E-state index contributed by atoms with van der Waals surface area (Å²) < 4.78 is 10.1. The average molecular weight is 201 g/mol. The molecule has 1 aliphatic heterocycles. The molecule has 4 heteroatoms. The fraction of sp³-hybridized carbons (Fsp3) is 0.444. The van der Waals surface area contributed by atoms with Crippen molar-refractivity contribution in [3.8, 4) is 0 Å². The third-order valence-electron chi connectivity index (χ3n) is 2.12. The van der Waals surface area contributed by atoms with Crippen LogP contribution >= 0.6 is 11.6 Å². The van der Waals surface area contributed by atoms with Crippen LogP contribution in [0, 0.1) is 5.92 Å². The maximum atomic E-state index is 11.6. The predicted octanol–water partition coefficient (Wildman–Crippen LogP) is 2.15. The molecule has 70 valence electrons. The highest BCUT2D eigenvalue weighted by Gasteiger charge is 2.26. The molecule has 13 heavy (non-hydrogen) atoms. The summed E-state index contributed by atoms with van der Waals surface area (Å²) in [5.74, 6) is 0.270. The van der Waals surface area contributed by atoms with E-state index in [-0.39, 0.29) is 16.9 Å². The Morgan fingerprint density at radius 3 is 2.92 bits per heavy atom. The van der Waals surface area contributed by atoms with Crippen molar-refractivity contribution >= 4 is 17.4 Å². The second-order valence-electron chi connectivity index (χ2n) is 3.03. The zero-order valence-electron chi connectivity index (χ0n) is 6.96. The number of ether oxygens (including phenoxy) is 1. The highest BCUT2D eigenvalue weighted by molar-refractivity contribution is 6.29. The first-order valence-electron chi connectivity index (χ1n) is 4.14. The largest absolute Gasteiger partial charge is 0.442 e. The number of hydrogen-bond donors (Lipinski definition) is 0. The van der Waals surface area contributed by atoms with Crippen molar-refractivity contribution < 1.29 is 13.9 Å². The number of ketones is 1. The second kappa shape index (κ2) is 3.52. The van der Waals surface area contributed by atoms with E-state index in [0.29, 0.717) is 19.0 Å². The summed E-state index contributed by atoms with van der Waals surface area (Å²) in [5.41, 5.74) is 0. The van der Waals surface area contributed by atoms with Gasteiger partial charge in [-0.25, -0.2) is 0 Å². The molecule has 0 bridgehead atoms. The van der Waals surface area contributed by atoms with Crippen LogP contribution < -0.4 is 0 Å². The van der Waals surface area contributed by atoms with Crippen molar-refractivity contribution in [3.05, 3.63) is 23.1 Å². The summed E-state index contributed by atoms with van der Waals surface area (Å²) in [6.45, 7) is 1.15. The minimum absolute atomic E-state index is 0.00981. The smallest absolute Gasteiger partial charge is 0.203 e. The Hall–Kier alpha value is -0.800. The Morgan fingerprint density at radius 1 is 1.54 bits per heavy atom. The van der Waals surface area contributed by atoms with Crippen molar-refractivity contribution in [2.75, 3.05) is 13.2 Å². The van der Waals surface area contributed by atoms with Gasteiger partial charge in [0.15, 0.2) is 11.0 Å². The first-order chi connectivity index (χ1) is 6.27. The molecule has 0 amide bonds. The van der Waals surface area contributed by atoms with Crippen LogP contribution in [0.4, 0.5) is 0 Å². The minimum Gasteiger partial charge on any atom is -0.442 e. The molecule has 0 aromatic carbocycles. The van der Waals surface area contributed by atoms with E-state index in [2.05, 4.69) is 0 Å². The number of furan rings is 1. The van der Waals surface area contributed by atoms with Crippen LogP contribution in [0.5, 0.6) is 0 Å². The van der Waals surface area contributed by atoms with Crippen LogP contribution in [0.15, 0.2) is 16.5 Å². The fourth-order valence-electron chi connectivity index (χ4n) is 1.39. The topological polar surface area (TPSA) is 39.4 Å². The van der Waals surface area contributed by atoms with E-state index in [4.69, 9.17) is 20.8 Å². The van der Waals surface area contributed by atoms with Gasteiger partial charge < -0.3 is 9.15 Å². The first-order valence-corrected chi connectivity index (χ1v) is 4.52. The number of carbonyl (C=O) groups excluding carboxylic acids is 1. The third kappa shape index (κ3) is 1.76. The first kappa shape index (κ1) is 8.78. The van der Waals surface area contributed by atoms with E-state index < -0.39 is 0 Å². The van der Waals surface area contributed by atoms with E-state index >= 15 is 0 Å². The van der Waals surface area contributed by atoms with Crippen molar-refractivity contribution in [2.24, 2.45) is 5.92 Å². The number of carbonyl (C=O) groups is 1. The molecule has 1 atom stereocenters. The molecule has 3 nitrogen and oxygen atoms in total. The molecule has 1 aliphatic rings. The van der Waals surface area contributed by atoms with Crippen LogP contribution in [0.25, 0.3) is 0 Å². The van der Waals surface area contributed by atoms with Gasteiger partial charge in [0.2, 0.25) is 5.78 Å². The molecule has 0 aliphatic carbocycles. The molecule has 1 saturated heterocycles. The number of rotatable bonds is 2. The molecule has 1 unspecified atom stereocenters. The summed E-state index contributed by atoms with van der Waals surface area (Å²) in [5, 5.41) is 0.252. The molecule has 0 N–H and O–H groups in total. The van der Waals surface area contributed by atoms with Gasteiger partial charge in [-0.15, -0.1) is 0 Å². The van der Waals surface area contributed by atoms with Crippen molar-refractivity contribution in [1.82, 2.24) is 0 Å². The molecule has 0 spiro atoms. The molecule has 0 saturated carbocycles. The Labute approximate surface area is 80.6 Å². The van der Waals surface area contributed by atoms with Gasteiger partial charge >= 0.3 is 0 Å². The minimum atomic E-state index is -0.0535. The summed E-state index contributed by atoms with van der Waals surface area (Å²) in [6.07, 6.45) is 0.775. The number of halogens is 1. The highest BCUT2D eigenvalue weighted by atomic mass is 35.5. The second-order valence-corrected chi connectivity index (χ2v) is 3.40. The lowest BCUT2D eigenvalue weighted by Crippen LogP contribution is -2.13. The van der Waals surface area contributed by atoms with Gasteiger partial charge in [-0.1, -0.05) is 0 Å². The molecular weight excluding hydrogens is 192 g/mol. The van der Waals surface area contributed by atoms with E-state index in [9.17, 15) is 4.79 Å². The monoisotopic (exact) mass is 200 g/mol. The van der Waals surface area contributed by atoms with Crippen LogP contribution in [-0.2, 0) is 4.74 Å². The average Bonchev–Trinajstić information content (AvgIpc) is 2.72. The maximum Gasteiger partial charge on any atom is 0.203 e. The van der Waals surface area contributed by atoms with Crippen LogP contribution in [0.3, 0.4) is 0 Å². The zero-order chi connectivity index (χ0) is 9.26. The Balaban J connectivity index is 2.12. The Kier molecular flexibility index (Phi) is 2.38. The van der Waals surface area contributed by atoms with Crippen LogP contribution in [0.1, 0.15) is 17.0 Å². The van der Waals surface area contributed by atoms with Crippen LogP contribution in [-0.4, -0.2) is 19.0 Å². The van der Waals surface area contributed by atoms with Gasteiger partial charge in [-0.2, -0.15) is 0 Å². The SMILES string of the molecule is O=C(c1ccc(Cl)o1)C1CCOC1. The van der Waals surface area contributed by atoms with E-state index in [0.717, 1.165) is 6.42 Å². The zero-order valence-corrected chi connectivity index (χ0v) is 7.71. The maximum absolute atomic E-state index is 11.6. The highest BCUT2D eigenvalue weighted by Crippen LogP contribution is 2.21. The van der Waals surface area contributed by atoms with Crippen molar-refractivity contribution in [3.63, 3.8) is 0 Å². The molecule has 0 radical (unpaired) electrons. The van der Waals surface area contributed by atoms with Gasteiger partial charge in [-0.3, -0.25) is 4.79 Å². The lowest BCUT2D eigenvalue weighted by atomic mass is 10.0. The van der Waals surface area contributed by atoms with E-state index in [1.54, 1.807) is 12.1 Å². The van der Waals surface area contributed by atoms with E-state index in [1.807, 2.05) is 0 Å². The Bertz CT molecular complexity index is 312. The van der Waals surface area contributed by atoms with Crippen LogP contribution in [0.2, 0.25) is 5.22 Å². The summed E-state index contributed by atoms with van der Waals surface area (Å²) in [7, 11) is 0. The standard InChI is InChI=1S/C9H9ClO3/c10-8-2-1-7(13-8)9(11)6-3-4-12-5-6/h1-2,6H,3-5H2. The molecule has 2 heterocycles.